The molecule has 0 aromatic heterocycles. The molecule has 19 heavy (non-hydrogen) atoms. The lowest BCUT2D eigenvalue weighted by molar-refractivity contribution is -0.153. The summed E-state index contributed by atoms with van der Waals surface area (Å²) in [6.07, 6.45) is 2.77. The molecule has 0 radical (unpaired) electrons. The number of hydrogen-bond acceptors (Lipinski definition) is 4. The predicted octanol–water partition coefficient (Wildman–Crippen LogP) is 1.55. The highest BCUT2D eigenvalue weighted by atomic mass is 16.5. The van der Waals surface area contributed by atoms with Crippen molar-refractivity contribution in [2.45, 2.75) is 44.9 Å². The molecule has 1 fully saturated rings. The summed E-state index contributed by atoms with van der Waals surface area (Å²) in [6, 6.07) is 0. The van der Waals surface area contributed by atoms with Gasteiger partial charge in [0.05, 0.1) is 7.11 Å². The first-order valence-corrected chi connectivity index (χ1v) is 6.32. The molecule has 1 N–H and O–H groups in total. The van der Waals surface area contributed by atoms with Crippen LogP contribution in [0.25, 0.3) is 0 Å². The molecule has 5 heteroatoms. The van der Waals surface area contributed by atoms with E-state index in [-0.39, 0.29) is 18.2 Å². The maximum Gasteiger partial charge on any atom is 0.318 e. The summed E-state index contributed by atoms with van der Waals surface area (Å²) in [7, 11) is 1.33. The Morgan fingerprint density at radius 3 is 2.68 bits per heavy atom. The average Bonchev–Trinajstić information content (AvgIpc) is 2.76. The van der Waals surface area contributed by atoms with Gasteiger partial charge in [-0.25, -0.2) is 0 Å². The molecule has 0 spiro atoms. The second-order valence-corrected chi connectivity index (χ2v) is 4.62. The molecule has 0 aromatic carbocycles. The van der Waals surface area contributed by atoms with Gasteiger partial charge in [0.15, 0.2) is 5.78 Å². The lowest BCUT2D eigenvalue weighted by Gasteiger charge is -2.18. The van der Waals surface area contributed by atoms with Crippen molar-refractivity contribution in [2.75, 3.05) is 7.11 Å². The Hall–Kier alpha value is -1.83. The van der Waals surface area contributed by atoms with Crippen molar-refractivity contribution in [3.8, 4) is 11.8 Å². The molecule has 0 aromatic rings. The number of Topliss-reactive ketones (excluding diaryl/α,β-unsaturated/α-hetero) is 1. The number of ketones is 1. The van der Waals surface area contributed by atoms with Crippen LogP contribution in [0.1, 0.15) is 44.9 Å². The van der Waals surface area contributed by atoms with Crippen LogP contribution in [-0.4, -0.2) is 29.9 Å². The largest absolute Gasteiger partial charge is 0.480 e. The first kappa shape index (κ1) is 15.2. The fourth-order valence-corrected chi connectivity index (χ4v) is 2.14. The van der Waals surface area contributed by atoms with Crippen LogP contribution < -0.4 is 0 Å². The van der Waals surface area contributed by atoms with Crippen molar-refractivity contribution >= 4 is 17.7 Å². The molecule has 1 aliphatic rings. The summed E-state index contributed by atoms with van der Waals surface area (Å²) < 4.78 is 4.49. The third kappa shape index (κ3) is 3.82. The van der Waals surface area contributed by atoms with E-state index in [1.165, 1.54) is 7.11 Å². The summed E-state index contributed by atoms with van der Waals surface area (Å²) in [5.41, 5.74) is -1.30. The van der Waals surface area contributed by atoms with Gasteiger partial charge in [0.25, 0.3) is 0 Å². The smallest absolute Gasteiger partial charge is 0.318 e. The Balaban J connectivity index is 2.44. The van der Waals surface area contributed by atoms with Gasteiger partial charge in [-0.05, 0) is 19.3 Å². The zero-order valence-corrected chi connectivity index (χ0v) is 11.0. The average molecular weight is 266 g/mol. The van der Waals surface area contributed by atoms with Gasteiger partial charge < -0.3 is 9.84 Å². The molecule has 1 rings (SSSR count). The lowest BCUT2D eigenvalue weighted by atomic mass is 9.82. The van der Waals surface area contributed by atoms with Crippen molar-refractivity contribution < 1.29 is 24.2 Å². The standard InChI is InChI=1S/C14H18O5/c1-19-12(16)8-4-2-3-5-9-14(13(17)18)10-6-7-11(14)15/h2,4,6-10H2,1H3,(H,17,18). The zero-order chi connectivity index (χ0) is 14.3. The van der Waals surface area contributed by atoms with Gasteiger partial charge in [-0.15, -0.1) is 11.8 Å². The van der Waals surface area contributed by atoms with E-state index >= 15 is 0 Å². The monoisotopic (exact) mass is 266 g/mol. The van der Waals surface area contributed by atoms with Gasteiger partial charge in [-0.3, -0.25) is 14.4 Å². The third-order valence-electron chi connectivity index (χ3n) is 3.38. The Kier molecular flexibility index (Phi) is 5.56. The molecule has 0 saturated heterocycles. The highest BCUT2D eigenvalue weighted by Gasteiger charge is 2.48. The summed E-state index contributed by atoms with van der Waals surface area (Å²) in [5, 5.41) is 9.19. The van der Waals surface area contributed by atoms with E-state index in [2.05, 4.69) is 16.6 Å². The molecule has 0 bridgehead atoms. The van der Waals surface area contributed by atoms with E-state index in [4.69, 9.17) is 0 Å². The molecule has 0 amide bonds. The molecule has 1 aliphatic carbocycles. The maximum atomic E-state index is 11.7. The number of carbonyl (C=O) groups is 3. The number of rotatable bonds is 5. The van der Waals surface area contributed by atoms with Crippen molar-refractivity contribution in [3.63, 3.8) is 0 Å². The number of aliphatic carboxylic acids is 1. The number of unbranched alkanes of at least 4 members (excludes halogenated alkanes) is 1. The van der Waals surface area contributed by atoms with E-state index < -0.39 is 11.4 Å². The van der Waals surface area contributed by atoms with Gasteiger partial charge >= 0.3 is 11.9 Å². The Bertz CT molecular complexity index is 429. The number of ether oxygens (including phenoxy) is 1. The van der Waals surface area contributed by atoms with Gasteiger partial charge in [-0.1, -0.05) is 0 Å². The van der Waals surface area contributed by atoms with Crippen LogP contribution in [0.3, 0.4) is 0 Å². The molecule has 1 saturated carbocycles. The SMILES string of the molecule is COC(=O)CCCC#CCC1(C(=O)O)CCCC1=O. The van der Waals surface area contributed by atoms with Gasteiger partial charge in [0.1, 0.15) is 5.41 Å². The number of carboxylic acid groups (broad SMARTS) is 1. The van der Waals surface area contributed by atoms with Crippen LogP contribution in [0.4, 0.5) is 0 Å². The Labute approximate surface area is 112 Å². The summed E-state index contributed by atoms with van der Waals surface area (Å²) in [5.74, 6) is 4.01. The summed E-state index contributed by atoms with van der Waals surface area (Å²) >= 11 is 0. The molecule has 5 nitrogen and oxygen atoms in total. The minimum Gasteiger partial charge on any atom is -0.480 e. The molecular weight excluding hydrogens is 248 g/mol. The second-order valence-electron chi connectivity index (χ2n) is 4.62. The quantitative estimate of drug-likeness (QED) is 0.353. The van der Waals surface area contributed by atoms with Crippen molar-refractivity contribution in [3.05, 3.63) is 0 Å². The topological polar surface area (TPSA) is 80.7 Å². The summed E-state index contributed by atoms with van der Waals surface area (Å²) in [4.78, 5) is 33.8. The first-order chi connectivity index (χ1) is 9.03. The number of hydrogen-bond donors (Lipinski definition) is 1. The molecule has 104 valence electrons. The van der Waals surface area contributed by atoms with Gasteiger partial charge in [0, 0.05) is 25.7 Å². The van der Waals surface area contributed by atoms with Crippen molar-refractivity contribution in [1.82, 2.24) is 0 Å². The van der Waals surface area contributed by atoms with Gasteiger partial charge in [-0.2, -0.15) is 0 Å². The predicted molar refractivity (Wildman–Crippen MR) is 67.2 cm³/mol. The minimum atomic E-state index is -1.30. The van der Waals surface area contributed by atoms with E-state index in [0.717, 1.165) is 0 Å². The third-order valence-corrected chi connectivity index (χ3v) is 3.38. The van der Waals surface area contributed by atoms with Crippen LogP contribution >= 0.6 is 0 Å². The number of esters is 1. The normalized spacial score (nSPS) is 21.6. The Morgan fingerprint density at radius 2 is 2.16 bits per heavy atom. The van der Waals surface area contributed by atoms with Crippen molar-refractivity contribution in [1.29, 1.82) is 0 Å². The Morgan fingerprint density at radius 1 is 1.42 bits per heavy atom. The van der Waals surface area contributed by atoms with Crippen LogP contribution in [0.15, 0.2) is 0 Å². The highest BCUT2D eigenvalue weighted by Crippen LogP contribution is 2.38. The van der Waals surface area contributed by atoms with Crippen molar-refractivity contribution in [2.24, 2.45) is 5.41 Å². The van der Waals surface area contributed by atoms with E-state index in [0.29, 0.717) is 38.5 Å². The molecule has 0 heterocycles. The molecule has 0 aliphatic heterocycles. The maximum absolute atomic E-state index is 11.7. The number of methoxy groups -OCH3 is 1. The van der Waals surface area contributed by atoms with Crippen LogP contribution in [-0.2, 0) is 19.1 Å². The van der Waals surface area contributed by atoms with E-state index in [9.17, 15) is 19.5 Å². The fraction of sp³-hybridized carbons (Fsp3) is 0.643. The van der Waals surface area contributed by atoms with Crippen LogP contribution in [0.5, 0.6) is 0 Å². The number of carbonyl (C=O) groups excluding carboxylic acids is 2. The van der Waals surface area contributed by atoms with E-state index in [1.54, 1.807) is 0 Å². The molecular formula is C14H18O5. The fourth-order valence-electron chi connectivity index (χ4n) is 2.14. The number of carboxylic acids is 1. The zero-order valence-electron chi connectivity index (χ0n) is 11.0. The lowest BCUT2D eigenvalue weighted by Crippen LogP contribution is -2.34. The summed E-state index contributed by atoms with van der Waals surface area (Å²) in [6.45, 7) is 0. The second kappa shape index (κ2) is 6.93. The molecule has 1 atom stereocenters. The van der Waals surface area contributed by atoms with Crippen LogP contribution in [0.2, 0.25) is 0 Å². The molecule has 1 unspecified atom stereocenters. The minimum absolute atomic E-state index is 0.0688. The van der Waals surface area contributed by atoms with E-state index in [1.807, 2.05) is 0 Å². The van der Waals surface area contributed by atoms with Crippen LogP contribution in [0, 0.1) is 17.3 Å². The highest BCUT2D eigenvalue weighted by molar-refractivity contribution is 6.04. The van der Waals surface area contributed by atoms with Gasteiger partial charge in [0.2, 0.25) is 0 Å². The first-order valence-electron chi connectivity index (χ1n) is 6.32.